The monoisotopic (exact) mass is 288 g/mol. The maximum Gasteiger partial charge on any atom is 0.339 e. The minimum absolute atomic E-state index is 0.128. The van der Waals surface area contributed by atoms with Crippen LogP contribution in [0.5, 0.6) is 11.5 Å². The molecule has 2 N–H and O–H groups in total. The Morgan fingerprint density at radius 2 is 1.86 bits per heavy atom. The molecule has 0 aromatic heterocycles. The fourth-order valence-electron chi connectivity index (χ4n) is 2.32. The lowest BCUT2D eigenvalue weighted by Crippen LogP contribution is -2.02. The summed E-state index contributed by atoms with van der Waals surface area (Å²) in [7, 11) is 0. The molecule has 112 valence electrons. The first-order chi connectivity index (χ1) is 10.1. The van der Waals surface area contributed by atoms with Crippen molar-refractivity contribution < 1.29 is 19.7 Å². The van der Waals surface area contributed by atoms with E-state index in [-0.39, 0.29) is 11.3 Å². The maximum atomic E-state index is 11.2. The fraction of sp³-hybridized carbons (Fsp3) is 0.353. The van der Waals surface area contributed by atoms with Crippen LogP contribution < -0.4 is 4.74 Å². The zero-order valence-electron chi connectivity index (χ0n) is 12.1. The molecule has 4 nitrogen and oxygen atoms in total. The van der Waals surface area contributed by atoms with Crippen LogP contribution in [-0.2, 0) is 0 Å². The average molecular weight is 288 g/mol. The van der Waals surface area contributed by atoms with E-state index in [0.717, 1.165) is 24.6 Å². The van der Waals surface area contributed by atoms with E-state index in [0.29, 0.717) is 17.7 Å². The number of rotatable bonds is 7. The van der Waals surface area contributed by atoms with Gasteiger partial charge in [-0.3, -0.25) is 0 Å². The molecule has 0 fully saturated rings. The van der Waals surface area contributed by atoms with Crippen LogP contribution in [0.15, 0.2) is 30.3 Å². The molecule has 4 heteroatoms. The van der Waals surface area contributed by atoms with Crippen LogP contribution in [0.25, 0.3) is 10.8 Å². The van der Waals surface area contributed by atoms with Crippen molar-refractivity contribution in [3.8, 4) is 11.5 Å². The summed E-state index contributed by atoms with van der Waals surface area (Å²) in [6.45, 7) is 2.70. The van der Waals surface area contributed by atoms with Crippen molar-refractivity contribution in [2.24, 2.45) is 0 Å². The summed E-state index contributed by atoms with van der Waals surface area (Å²) in [6.07, 6.45) is 4.36. The number of carbonyl (C=O) groups is 1. The Morgan fingerprint density at radius 1 is 1.14 bits per heavy atom. The summed E-state index contributed by atoms with van der Waals surface area (Å²) in [4.78, 5) is 11.2. The lowest BCUT2D eigenvalue weighted by Gasteiger charge is -2.12. The number of hydrogen-bond donors (Lipinski definition) is 2. The number of fused-ring (bicyclic) bond motifs is 1. The Morgan fingerprint density at radius 3 is 2.52 bits per heavy atom. The van der Waals surface area contributed by atoms with Crippen molar-refractivity contribution in [1.29, 1.82) is 0 Å². The van der Waals surface area contributed by atoms with Crippen LogP contribution in [0, 0.1) is 0 Å². The molecule has 0 atom stereocenters. The normalized spacial score (nSPS) is 10.7. The molecule has 0 amide bonds. The molecule has 0 unspecified atom stereocenters. The van der Waals surface area contributed by atoms with Crippen LogP contribution in [-0.4, -0.2) is 22.8 Å². The second kappa shape index (κ2) is 6.97. The van der Waals surface area contributed by atoms with Crippen molar-refractivity contribution in [3.63, 3.8) is 0 Å². The Bertz CT molecular complexity index is 634. The van der Waals surface area contributed by atoms with E-state index >= 15 is 0 Å². The second-order valence-corrected chi connectivity index (χ2v) is 5.03. The third-order valence-corrected chi connectivity index (χ3v) is 3.46. The number of ether oxygens (including phenoxy) is 1. The molecule has 0 radical (unpaired) electrons. The Labute approximate surface area is 124 Å². The third kappa shape index (κ3) is 3.45. The highest BCUT2D eigenvalue weighted by molar-refractivity contribution is 6.03. The number of aromatic hydroxyl groups is 1. The van der Waals surface area contributed by atoms with Gasteiger partial charge in [0, 0.05) is 10.8 Å². The smallest absolute Gasteiger partial charge is 0.339 e. The van der Waals surface area contributed by atoms with Crippen molar-refractivity contribution in [2.45, 2.75) is 32.6 Å². The topological polar surface area (TPSA) is 66.8 Å². The SMILES string of the molecule is CCCCCCOc1cc(C(=O)O)c(O)c2ccccc12. The lowest BCUT2D eigenvalue weighted by atomic mass is 10.0. The first-order valence-corrected chi connectivity index (χ1v) is 7.26. The van der Waals surface area contributed by atoms with Gasteiger partial charge in [-0.1, -0.05) is 50.5 Å². The minimum Gasteiger partial charge on any atom is -0.506 e. The molecule has 21 heavy (non-hydrogen) atoms. The van der Waals surface area contributed by atoms with Crippen molar-refractivity contribution in [3.05, 3.63) is 35.9 Å². The average Bonchev–Trinajstić information content (AvgIpc) is 2.49. The molecule has 0 bridgehead atoms. The molecule has 2 rings (SSSR count). The van der Waals surface area contributed by atoms with Crippen LogP contribution >= 0.6 is 0 Å². The number of carboxylic acid groups (broad SMARTS) is 1. The van der Waals surface area contributed by atoms with E-state index in [2.05, 4.69) is 6.92 Å². The number of hydrogen-bond acceptors (Lipinski definition) is 3. The molecule has 0 aliphatic heterocycles. The molecule has 2 aromatic rings. The molecule has 0 aliphatic rings. The molecular weight excluding hydrogens is 268 g/mol. The predicted molar refractivity (Wildman–Crippen MR) is 82.2 cm³/mol. The van der Waals surface area contributed by atoms with Gasteiger partial charge in [0.2, 0.25) is 0 Å². The maximum absolute atomic E-state index is 11.2. The van der Waals surface area contributed by atoms with Gasteiger partial charge in [-0.2, -0.15) is 0 Å². The quantitative estimate of drug-likeness (QED) is 0.749. The van der Waals surface area contributed by atoms with Crippen LogP contribution in [0.1, 0.15) is 43.0 Å². The van der Waals surface area contributed by atoms with E-state index in [4.69, 9.17) is 4.74 Å². The fourth-order valence-corrected chi connectivity index (χ4v) is 2.32. The molecule has 0 saturated heterocycles. The van der Waals surface area contributed by atoms with E-state index in [1.807, 2.05) is 12.1 Å². The van der Waals surface area contributed by atoms with Gasteiger partial charge in [-0.25, -0.2) is 4.79 Å². The standard InChI is InChI=1S/C17H20O4/c1-2-3-4-7-10-21-15-11-14(17(19)20)16(18)13-9-6-5-8-12(13)15/h5-6,8-9,11,18H,2-4,7,10H2,1H3,(H,19,20). The number of benzene rings is 2. The van der Waals surface area contributed by atoms with E-state index in [9.17, 15) is 15.0 Å². The van der Waals surface area contributed by atoms with Gasteiger partial charge >= 0.3 is 5.97 Å². The third-order valence-electron chi connectivity index (χ3n) is 3.46. The largest absolute Gasteiger partial charge is 0.506 e. The molecular formula is C17H20O4. The minimum atomic E-state index is -1.16. The summed E-state index contributed by atoms with van der Waals surface area (Å²) in [5.41, 5.74) is -0.128. The predicted octanol–water partition coefficient (Wildman–Crippen LogP) is 4.20. The van der Waals surface area contributed by atoms with Crippen molar-refractivity contribution in [1.82, 2.24) is 0 Å². The van der Waals surface area contributed by atoms with Gasteiger partial charge in [-0.05, 0) is 12.5 Å². The Kier molecular flexibility index (Phi) is 5.04. The highest BCUT2D eigenvalue weighted by Gasteiger charge is 2.16. The van der Waals surface area contributed by atoms with Crippen LogP contribution in [0.4, 0.5) is 0 Å². The summed E-state index contributed by atoms with van der Waals surface area (Å²) >= 11 is 0. The van der Waals surface area contributed by atoms with Gasteiger partial charge in [0.25, 0.3) is 0 Å². The second-order valence-electron chi connectivity index (χ2n) is 5.03. The van der Waals surface area contributed by atoms with E-state index in [1.165, 1.54) is 12.5 Å². The van der Waals surface area contributed by atoms with Crippen molar-refractivity contribution in [2.75, 3.05) is 6.61 Å². The summed E-state index contributed by atoms with van der Waals surface area (Å²) in [5, 5.41) is 20.5. The van der Waals surface area contributed by atoms with Crippen LogP contribution in [0.2, 0.25) is 0 Å². The van der Waals surface area contributed by atoms with Gasteiger partial charge in [0.15, 0.2) is 0 Å². The number of carboxylic acids is 1. The summed E-state index contributed by atoms with van der Waals surface area (Å²) in [6, 6.07) is 8.52. The van der Waals surface area contributed by atoms with Gasteiger partial charge in [-0.15, -0.1) is 0 Å². The summed E-state index contributed by atoms with van der Waals surface area (Å²) in [5.74, 6) is -0.859. The molecule has 0 heterocycles. The van der Waals surface area contributed by atoms with Gasteiger partial charge in [0.1, 0.15) is 17.1 Å². The molecule has 0 saturated carbocycles. The Hall–Kier alpha value is -2.23. The zero-order chi connectivity index (χ0) is 15.2. The first kappa shape index (κ1) is 15.2. The lowest BCUT2D eigenvalue weighted by molar-refractivity contribution is 0.0693. The van der Waals surface area contributed by atoms with Gasteiger partial charge < -0.3 is 14.9 Å². The molecule has 0 spiro atoms. The molecule has 0 aliphatic carbocycles. The highest BCUT2D eigenvalue weighted by Crippen LogP contribution is 2.36. The number of phenols is 1. The number of unbranched alkanes of at least 4 members (excludes halogenated alkanes) is 3. The molecule has 2 aromatic carbocycles. The van der Waals surface area contributed by atoms with Gasteiger partial charge in [0.05, 0.1) is 6.61 Å². The van der Waals surface area contributed by atoms with E-state index in [1.54, 1.807) is 12.1 Å². The first-order valence-electron chi connectivity index (χ1n) is 7.26. The van der Waals surface area contributed by atoms with Crippen molar-refractivity contribution >= 4 is 16.7 Å². The highest BCUT2D eigenvalue weighted by atomic mass is 16.5. The Balaban J connectivity index is 2.29. The number of aromatic carboxylic acids is 1. The zero-order valence-corrected chi connectivity index (χ0v) is 12.1. The van der Waals surface area contributed by atoms with Crippen LogP contribution in [0.3, 0.4) is 0 Å². The van der Waals surface area contributed by atoms with E-state index < -0.39 is 5.97 Å². The summed E-state index contributed by atoms with van der Waals surface area (Å²) < 4.78 is 5.74.